The minimum absolute atomic E-state index is 0.0482. The van der Waals surface area contributed by atoms with Crippen molar-refractivity contribution in [2.45, 2.75) is 32.4 Å². The van der Waals surface area contributed by atoms with E-state index in [2.05, 4.69) is 46.1 Å². The molecule has 0 fully saturated rings. The van der Waals surface area contributed by atoms with Gasteiger partial charge in [-0.3, -0.25) is 0 Å². The number of hydrogen-bond donors (Lipinski definition) is 1. The smallest absolute Gasteiger partial charge is 0.0984 e. The molecule has 1 N–H and O–H groups in total. The van der Waals surface area contributed by atoms with Crippen LogP contribution >= 0.6 is 11.8 Å². The van der Waals surface area contributed by atoms with Crippen LogP contribution in [0.15, 0.2) is 48.3 Å². The highest BCUT2D eigenvalue weighted by Crippen LogP contribution is 2.22. The maximum absolute atomic E-state index is 9.43. The number of aliphatic hydroxyl groups is 1. The minimum Gasteiger partial charge on any atom is -0.512 e. The van der Waals surface area contributed by atoms with Crippen LogP contribution < -0.4 is 0 Å². The van der Waals surface area contributed by atoms with Crippen LogP contribution in [0.1, 0.15) is 27.2 Å². The summed E-state index contributed by atoms with van der Waals surface area (Å²) in [5, 5.41) is 9.48. The van der Waals surface area contributed by atoms with Gasteiger partial charge in [0, 0.05) is 0 Å². The summed E-state index contributed by atoms with van der Waals surface area (Å²) in [6.45, 7) is 13.9. The van der Waals surface area contributed by atoms with E-state index in [9.17, 15) is 5.11 Å². The van der Waals surface area contributed by atoms with Crippen molar-refractivity contribution < 1.29 is 5.11 Å². The Morgan fingerprint density at radius 3 is 2.29 bits per heavy atom. The number of rotatable bonds is 7. The fraction of sp³-hybridized carbons (Fsp3) is 0.467. The second kappa shape index (κ2) is 8.24. The summed E-state index contributed by atoms with van der Waals surface area (Å²) in [7, 11) is 0. The second-order valence-corrected chi connectivity index (χ2v) is 5.47. The molecule has 1 unspecified atom stereocenters. The van der Waals surface area contributed by atoms with Crippen molar-refractivity contribution in [1.82, 2.24) is 0 Å². The lowest BCUT2D eigenvalue weighted by Crippen LogP contribution is -2.05. The van der Waals surface area contributed by atoms with Crippen LogP contribution in [0.25, 0.3) is 0 Å². The van der Waals surface area contributed by atoms with E-state index in [-0.39, 0.29) is 11.0 Å². The van der Waals surface area contributed by atoms with E-state index in [4.69, 9.17) is 0 Å². The van der Waals surface area contributed by atoms with Crippen LogP contribution in [0, 0.1) is 5.92 Å². The highest BCUT2D eigenvalue weighted by atomic mass is 32.2. The first-order valence-corrected chi connectivity index (χ1v) is 7.11. The highest BCUT2D eigenvalue weighted by molar-refractivity contribution is 7.99. The zero-order chi connectivity index (χ0) is 13.4. The Bertz CT molecular complexity index is 324. The third-order valence-electron chi connectivity index (χ3n) is 2.81. The predicted octanol–water partition coefficient (Wildman–Crippen LogP) is 4.89. The molecule has 1 nitrogen and oxygen atoms in total. The van der Waals surface area contributed by atoms with Gasteiger partial charge in [-0.05, 0) is 31.1 Å². The summed E-state index contributed by atoms with van der Waals surface area (Å²) in [6.07, 6.45) is 8.79. The van der Waals surface area contributed by atoms with Crippen LogP contribution in [0.4, 0.5) is 0 Å². The quantitative estimate of drug-likeness (QED) is 0.514. The van der Waals surface area contributed by atoms with Crippen LogP contribution in [-0.4, -0.2) is 16.6 Å². The van der Waals surface area contributed by atoms with Gasteiger partial charge in [0.1, 0.15) is 0 Å². The van der Waals surface area contributed by atoms with Crippen LogP contribution in [0.5, 0.6) is 0 Å². The van der Waals surface area contributed by atoms with Crippen molar-refractivity contribution in [2.24, 2.45) is 5.92 Å². The molecule has 0 aliphatic rings. The maximum atomic E-state index is 9.43. The molecule has 0 aliphatic carbocycles. The molecular formula is C15H24OS. The second-order valence-electron chi connectivity index (χ2n) is 4.43. The molecule has 0 aromatic carbocycles. The van der Waals surface area contributed by atoms with E-state index in [1.165, 1.54) is 5.57 Å². The average Bonchev–Trinajstić information content (AvgIpc) is 2.28. The molecule has 0 aliphatic heterocycles. The van der Waals surface area contributed by atoms with Crippen molar-refractivity contribution in [3.8, 4) is 0 Å². The molecule has 0 saturated carbocycles. The van der Waals surface area contributed by atoms with Crippen molar-refractivity contribution in [3.05, 3.63) is 48.3 Å². The van der Waals surface area contributed by atoms with Gasteiger partial charge in [-0.25, -0.2) is 0 Å². The van der Waals surface area contributed by atoms with E-state index in [0.29, 0.717) is 5.92 Å². The molecule has 0 bridgehead atoms. The van der Waals surface area contributed by atoms with E-state index in [1.807, 2.05) is 12.3 Å². The Hall–Kier alpha value is -0.890. The molecule has 0 heterocycles. The molecule has 0 aromatic rings. The lowest BCUT2D eigenvalue weighted by molar-refractivity contribution is 0.396. The minimum atomic E-state index is 0.0482. The highest BCUT2D eigenvalue weighted by Gasteiger charge is 2.10. The number of thioether (sulfide) groups is 1. The van der Waals surface area contributed by atoms with Gasteiger partial charge in [0.25, 0.3) is 0 Å². The average molecular weight is 252 g/mol. The SMILES string of the molecule is C=C/C(=C\C=C(\C)C(C)C)CC(SC)C(=C)O. The first-order valence-electron chi connectivity index (χ1n) is 5.82. The van der Waals surface area contributed by atoms with E-state index < -0.39 is 0 Å². The normalized spacial score (nSPS) is 14.9. The fourth-order valence-corrected chi connectivity index (χ4v) is 1.83. The summed E-state index contributed by atoms with van der Waals surface area (Å²) < 4.78 is 0. The third kappa shape index (κ3) is 6.42. The largest absolute Gasteiger partial charge is 0.512 e. The van der Waals surface area contributed by atoms with Gasteiger partial charge in [-0.2, -0.15) is 11.8 Å². The molecule has 0 amide bonds. The summed E-state index contributed by atoms with van der Waals surface area (Å²) in [5.74, 6) is 0.788. The van der Waals surface area contributed by atoms with E-state index in [0.717, 1.165) is 12.0 Å². The van der Waals surface area contributed by atoms with Crippen LogP contribution in [0.2, 0.25) is 0 Å². The standard InChI is InChI=1S/C15H24OS/c1-7-14(9-8-12(4)11(2)3)10-15(17-6)13(5)16/h7-9,11,15-16H,1,5,10H2,2-4,6H3/b12-8-,14-9+. The molecule has 0 rings (SSSR count). The first-order chi connectivity index (χ1) is 7.92. The molecule has 0 saturated heterocycles. The Kier molecular flexibility index (Phi) is 7.81. The summed E-state index contributed by atoms with van der Waals surface area (Å²) in [6, 6.07) is 0. The van der Waals surface area contributed by atoms with Crippen molar-refractivity contribution in [3.63, 3.8) is 0 Å². The van der Waals surface area contributed by atoms with Gasteiger partial charge in [0.05, 0.1) is 11.0 Å². The van der Waals surface area contributed by atoms with E-state index >= 15 is 0 Å². The Morgan fingerprint density at radius 2 is 1.94 bits per heavy atom. The summed E-state index contributed by atoms with van der Waals surface area (Å²) >= 11 is 1.60. The zero-order valence-corrected chi connectivity index (χ0v) is 12.2. The molecule has 0 spiro atoms. The monoisotopic (exact) mass is 252 g/mol. The Labute approximate surface area is 110 Å². The number of allylic oxidation sites excluding steroid dienone is 5. The molecule has 96 valence electrons. The molecule has 17 heavy (non-hydrogen) atoms. The fourth-order valence-electron chi connectivity index (χ4n) is 1.20. The van der Waals surface area contributed by atoms with Crippen molar-refractivity contribution >= 4 is 11.8 Å². The van der Waals surface area contributed by atoms with Crippen LogP contribution in [-0.2, 0) is 0 Å². The molecule has 0 aromatic heterocycles. The zero-order valence-electron chi connectivity index (χ0n) is 11.4. The maximum Gasteiger partial charge on any atom is 0.0984 e. The predicted molar refractivity (Wildman–Crippen MR) is 80.6 cm³/mol. The first kappa shape index (κ1) is 16.1. The summed E-state index contributed by atoms with van der Waals surface area (Å²) in [5.41, 5.74) is 2.47. The van der Waals surface area contributed by atoms with Crippen LogP contribution in [0.3, 0.4) is 0 Å². The van der Waals surface area contributed by atoms with Gasteiger partial charge in [-0.1, -0.05) is 50.8 Å². The lowest BCUT2D eigenvalue weighted by atomic mass is 10.0. The topological polar surface area (TPSA) is 20.2 Å². The molecule has 0 radical (unpaired) electrons. The number of hydrogen-bond acceptors (Lipinski definition) is 2. The van der Waals surface area contributed by atoms with Gasteiger partial charge >= 0.3 is 0 Å². The summed E-state index contributed by atoms with van der Waals surface area (Å²) in [4.78, 5) is 0. The Balaban J connectivity index is 4.73. The molecule has 1 atom stereocenters. The van der Waals surface area contributed by atoms with Crippen molar-refractivity contribution in [1.29, 1.82) is 0 Å². The van der Waals surface area contributed by atoms with Crippen molar-refractivity contribution in [2.75, 3.05) is 6.26 Å². The van der Waals surface area contributed by atoms with Gasteiger partial charge in [0.15, 0.2) is 0 Å². The van der Waals surface area contributed by atoms with E-state index in [1.54, 1.807) is 11.8 Å². The van der Waals surface area contributed by atoms with Gasteiger partial charge in [0.2, 0.25) is 0 Å². The third-order valence-corrected chi connectivity index (χ3v) is 3.82. The van der Waals surface area contributed by atoms with Gasteiger partial charge < -0.3 is 5.11 Å². The Morgan fingerprint density at radius 1 is 1.35 bits per heavy atom. The lowest BCUT2D eigenvalue weighted by Gasteiger charge is -2.13. The van der Waals surface area contributed by atoms with Gasteiger partial charge in [-0.15, -0.1) is 0 Å². The molecule has 2 heteroatoms. The number of aliphatic hydroxyl groups excluding tert-OH is 1. The molecular weight excluding hydrogens is 228 g/mol.